The van der Waals surface area contributed by atoms with Crippen molar-refractivity contribution in [2.75, 3.05) is 26.7 Å². The molecule has 0 saturated carbocycles. The lowest BCUT2D eigenvalue weighted by molar-refractivity contribution is 0.201. The third-order valence-electron chi connectivity index (χ3n) is 3.79. The predicted octanol–water partition coefficient (Wildman–Crippen LogP) is 2.35. The molecule has 2 heteroatoms. The number of likely N-dealkylation sites (tertiary alicyclic amines) is 1. The number of nitrogens with one attached hydrogen (secondary N) is 1. The molecule has 0 aromatic rings. The van der Waals surface area contributed by atoms with Gasteiger partial charge in [0, 0.05) is 18.6 Å². The quantitative estimate of drug-likeness (QED) is 0.772. The zero-order chi connectivity index (χ0) is 11.7. The highest BCUT2D eigenvalue weighted by atomic mass is 15.2. The van der Waals surface area contributed by atoms with E-state index in [9.17, 15) is 0 Å². The van der Waals surface area contributed by atoms with Crippen LogP contribution in [0.25, 0.3) is 0 Å². The molecular weight excluding hydrogens is 184 g/mol. The highest BCUT2D eigenvalue weighted by Crippen LogP contribution is 2.33. The van der Waals surface area contributed by atoms with Gasteiger partial charge in [0.2, 0.25) is 0 Å². The summed E-state index contributed by atoms with van der Waals surface area (Å²) < 4.78 is 0. The van der Waals surface area contributed by atoms with Crippen molar-refractivity contribution < 1.29 is 0 Å². The van der Waals surface area contributed by atoms with E-state index in [4.69, 9.17) is 0 Å². The number of nitrogens with zero attached hydrogens (tertiary/aromatic N) is 1. The Balaban J connectivity index is 2.44. The van der Waals surface area contributed by atoms with Gasteiger partial charge < -0.3 is 10.2 Å². The van der Waals surface area contributed by atoms with Crippen molar-refractivity contribution in [3.8, 4) is 0 Å². The molecule has 1 aliphatic rings. The van der Waals surface area contributed by atoms with Crippen molar-refractivity contribution in [2.45, 2.75) is 46.6 Å². The summed E-state index contributed by atoms with van der Waals surface area (Å²) in [6.07, 6.45) is 1.36. The maximum absolute atomic E-state index is 3.38. The second-order valence-corrected chi connectivity index (χ2v) is 6.72. The van der Waals surface area contributed by atoms with Crippen LogP contribution in [0.3, 0.4) is 0 Å². The van der Waals surface area contributed by atoms with Crippen molar-refractivity contribution >= 4 is 0 Å². The fraction of sp³-hybridized carbons (Fsp3) is 1.00. The van der Waals surface area contributed by atoms with Gasteiger partial charge >= 0.3 is 0 Å². The number of likely N-dealkylation sites (N-methyl/N-ethyl adjacent to an activating group) is 1. The van der Waals surface area contributed by atoms with Gasteiger partial charge in [0.25, 0.3) is 0 Å². The minimum Gasteiger partial charge on any atom is -0.314 e. The van der Waals surface area contributed by atoms with Crippen LogP contribution in [0.5, 0.6) is 0 Å². The minimum atomic E-state index is 0.243. The van der Waals surface area contributed by atoms with E-state index in [1.807, 2.05) is 0 Å². The molecule has 1 fully saturated rings. The molecule has 1 rings (SSSR count). The van der Waals surface area contributed by atoms with Gasteiger partial charge in [-0.05, 0) is 45.2 Å². The molecular formula is C13H28N2. The number of rotatable bonds is 3. The van der Waals surface area contributed by atoms with Crippen LogP contribution in [0, 0.1) is 11.3 Å². The summed E-state index contributed by atoms with van der Waals surface area (Å²) in [5, 5.41) is 3.38. The molecule has 1 atom stereocenters. The minimum absolute atomic E-state index is 0.243. The van der Waals surface area contributed by atoms with E-state index in [1.54, 1.807) is 0 Å². The Bertz CT molecular complexity index is 203. The van der Waals surface area contributed by atoms with Crippen molar-refractivity contribution in [2.24, 2.45) is 11.3 Å². The predicted molar refractivity (Wildman–Crippen MR) is 67.1 cm³/mol. The fourth-order valence-electron chi connectivity index (χ4n) is 2.32. The number of hydrogen-bond donors (Lipinski definition) is 1. The zero-order valence-electron chi connectivity index (χ0n) is 11.4. The highest BCUT2D eigenvalue weighted by Gasteiger charge is 2.33. The Kier molecular flexibility index (Phi) is 3.83. The Morgan fingerprint density at radius 2 is 1.80 bits per heavy atom. The molecule has 0 aromatic carbocycles. The smallest absolute Gasteiger partial charge is 0.0249 e. The molecule has 1 saturated heterocycles. The van der Waals surface area contributed by atoms with E-state index >= 15 is 0 Å². The lowest BCUT2D eigenvalue weighted by atomic mass is 9.80. The lowest BCUT2D eigenvalue weighted by Crippen LogP contribution is -2.47. The fourth-order valence-corrected chi connectivity index (χ4v) is 2.32. The Morgan fingerprint density at radius 1 is 1.20 bits per heavy atom. The average molecular weight is 212 g/mol. The van der Waals surface area contributed by atoms with Crippen LogP contribution in [0.2, 0.25) is 0 Å². The Morgan fingerprint density at radius 3 is 2.20 bits per heavy atom. The standard InChI is InChI=1S/C13H28N2/c1-12(2,3)11-7-8-15(9-11)10-13(4,5)14-6/h11,14H,7-10H2,1-6H3. The van der Waals surface area contributed by atoms with Gasteiger partial charge in [0.05, 0.1) is 0 Å². The molecule has 2 nitrogen and oxygen atoms in total. The van der Waals surface area contributed by atoms with Crippen LogP contribution in [0.4, 0.5) is 0 Å². The first-order valence-corrected chi connectivity index (χ1v) is 6.16. The molecule has 0 radical (unpaired) electrons. The van der Waals surface area contributed by atoms with Gasteiger partial charge in [-0.25, -0.2) is 0 Å². The van der Waals surface area contributed by atoms with Crippen molar-refractivity contribution in [3.63, 3.8) is 0 Å². The number of hydrogen-bond acceptors (Lipinski definition) is 2. The monoisotopic (exact) mass is 212 g/mol. The average Bonchev–Trinajstić information content (AvgIpc) is 2.51. The largest absolute Gasteiger partial charge is 0.314 e. The summed E-state index contributed by atoms with van der Waals surface area (Å²) in [7, 11) is 2.05. The van der Waals surface area contributed by atoms with Gasteiger partial charge in [0.1, 0.15) is 0 Å². The molecule has 0 aromatic heterocycles. The lowest BCUT2D eigenvalue weighted by Gasteiger charge is -2.31. The molecule has 15 heavy (non-hydrogen) atoms. The topological polar surface area (TPSA) is 15.3 Å². The van der Waals surface area contributed by atoms with Crippen LogP contribution in [0.1, 0.15) is 41.0 Å². The van der Waals surface area contributed by atoms with Crippen LogP contribution in [0.15, 0.2) is 0 Å². The Labute approximate surface area is 95.4 Å². The summed E-state index contributed by atoms with van der Waals surface area (Å²) >= 11 is 0. The van der Waals surface area contributed by atoms with Crippen molar-refractivity contribution in [1.82, 2.24) is 10.2 Å². The maximum Gasteiger partial charge on any atom is 0.0249 e. The third kappa shape index (κ3) is 3.76. The second kappa shape index (κ2) is 4.42. The highest BCUT2D eigenvalue weighted by molar-refractivity contribution is 4.88. The first kappa shape index (κ1) is 13.0. The van der Waals surface area contributed by atoms with Gasteiger partial charge in [-0.3, -0.25) is 0 Å². The molecule has 90 valence electrons. The van der Waals surface area contributed by atoms with Crippen LogP contribution in [-0.4, -0.2) is 37.1 Å². The molecule has 1 unspecified atom stereocenters. The summed E-state index contributed by atoms with van der Waals surface area (Å²) in [6, 6.07) is 0. The van der Waals surface area contributed by atoms with E-state index in [-0.39, 0.29) is 5.54 Å². The molecule has 0 bridgehead atoms. The summed E-state index contributed by atoms with van der Waals surface area (Å²) in [6.45, 7) is 15.4. The Hall–Kier alpha value is -0.0800. The van der Waals surface area contributed by atoms with Gasteiger partial charge in [-0.2, -0.15) is 0 Å². The van der Waals surface area contributed by atoms with E-state index in [0.29, 0.717) is 5.41 Å². The van der Waals surface area contributed by atoms with Crippen LogP contribution >= 0.6 is 0 Å². The maximum atomic E-state index is 3.38. The normalized spacial score (nSPS) is 24.8. The molecule has 1 aliphatic heterocycles. The molecule has 1 N–H and O–H groups in total. The van der Waals surface area contributed by atoms with Gasteiger partial charge in [0.15, 0.2) is 0 Å². The zero-order valence-corrected chi connectivity index (χ0v) is 11.4. The first-order chi connectivity index (χ1) is 6.74. The van der Waals surface area contributed by atoms with Crippen molar-refractivity contribution in [3.05, 3.63) is 0 Å². The summed E-state index contributed by atoms with van der Waals surface area (Å²) in [5.74, 6) is 0.866. The third-order valence-corrected chi connectivity index (χ3v) is 3.79. The van der Waals surface area contributed by atoms with E-state index in [1.165, 1.54) is 19.5 Å². The SMILES string of the molecule is CNC(C)(C)CN1CCC(C(C)(C)C)C1. The first-order valence-electron chi connectivity index (χ1n) is 6.16. The van der Waals surface area contributed by atoms with Crippen LogP contribution < -0.4 is 5.32 Å². The van der Waals surface area contributed by atoms with Gasteiger partial charge in [-0.15, -0.1) is 0 Å². The molecule has 0 amide bonds. The second-order valence-electron chi connectivity index (χ2n) is 6.72. The molecule has 0 spiro atoms. The van der Waals surface area contributed by atoms with E-state index < -0.39 is 0 Å². The summed E-state index contributed by atoms with van der Waals surface area (Å²) in [4.78, 5) is 2.60. The van der Waals surface area contributed by atoms with E-state index in [0.717, 1.165) is 12.5 Å². The van der Waals surface area contributed by atoms with Gasteiger partial charge in [-0.1, -0.05) is 20.8 Å². The van der Waals surface area contributed by atoms with Crippen molar-refractivity contribution in [1.29, 1.82) is 0 Å². The molecule has 0 aliphatic carbocycles. The molecule has 1 heterocycles. The van der Waals surface area contributed by atoms with E-state index in [2.05, 4.69) is 51.9 Å². The van der Waals surface area contributed by atoms with Crippen LogP contribution in [-0.2, 0) is 0 Å². The summed E-state index contributed by atoms with van der Waals surface area (Å²) in [5.41, 5.74) is 0.714.